The van der Waals surface area contributed by atoms with Gasteiger partial charge in [0.25, 0.3) is 0 Å². The second-order valence-corrected chi connectivity index (χ2v) is 5.24. The van der Waals surface area contributed by atoms with Crippen molar-refractivity contribution in [2.45, 2.75) is 5.60 Å². The lowest BCUT2D eigenvalue weighted by molar-refractivity contribution is 0.153. The van der Waals surface area contributed by atoms with Gasteiger partial charge in [-0.2, -0.15) is 0 Å². The zero-order chi connectivity index (χ0) is 15.9. The molecule has 3 rings (SSSR count). The quantitative estimate of drug-likeness (QED) is 0.903. The van der Waals surface area contributed by atoms with Crippen LogP contribution in [0.2, 0.25) is 5.02 Å². The van der Waals surface area contributed by atoms with E-state index < -0.39 is 5.60 Å². The molecule has 22 heavy (non-hydrogen) atoms. The lowest BCUT2D eigenvalue weighted by Crippen LogP contribution is -2.40. The van der Waals surface area contributed by atoms with Crippen molar-refractivity contribution in [1.82, 2.24) is 4.98 Å². The molecule has 1 unspecified atom stereocenters. The Morgan fingerprint density at radius 1 is 1.18 bits per heavy atom. The number of methoxy groups -OCH3 is 2. The first-order chi connectivity index (χ1) is 10.5. The number of aliphatic imine (C=N–C) groups is 1. The van der Waals surface area contributed by atoms with Crippen molar-refractivity contribution in [3.05, 3.63) is 46.6 Å². The van der Waals surface area contributed by atoms with Gasteiger partial charge in [0, 0.05) is 10.6 Å². The molecule has 0 amide bonds. The topological polar surface area (TPSA) is 90.0 Å². The van der Waals surface area contributed by atoms with Gasteiger partial charge in [-0.25, -0.2) is 9.98 Å². The highest BCUT2D eigenvalue weighted by molar-refractivity contribution is 6.30. The maximum absolute atomic E-state index is 11.2. The van der Waals surface area contributed by atoms with Crippen LogP contribution in [0.3, 0.4) is 0 Å². The molecule has 2 aromatic rings. The van der Waals surface area contributed by atoms with Crippen molar-refractivity contribution in [2.75, 3.05) is 14.2 Å². The van der Waals surface area contributed by atoms with E-state index in [1.807, 2.05) is 0 Å². The van der Waals surface area contributed by atoms with Gasteiger partial charge < -0.3 is 20.3 Å². The molecule has 0 fully saturated rings. The van der Waals surface area contributed by atoms with E-state index in [1.165, 1.54) is 20.4 Å². The average Bonchev–Trinajstić information content (AvgIpc) is 2.79. The Morgan fingerprint density at radius 3 is 2.64 bits per heavy atom. The fraction of sp³-hybridized carbons (Fsp3) is 0.200. The Labute approximate surface area is 132 Å². The third-order valence-corrected chi connectivity index (χ3v) is 3.84. The number of hydrogen-bond acceptors (Lipinski definition) is 6. The van der Waals surface area contributed by atoms with E-state index in [1.54, 1.807) is 24.3 Å². The fourth-order valence-electron chi connectivity index (χ4n) is 2.49. The Bertz CT molecular complexity index is 779. The van der Waals surface area contributed by atoms with Gasteiger partial charge in [0.2, 0.25) is 5.88 Å². The van der Waals surface area contributed by atoms with Crippen molar-refractivity contribution in [3.63, 3.8) is 0 Å². The first-order valence-electron chi connectivity index (χ1n) is 6.46. The van der Waals surface area contributed by atoms with Gasteiger partial charge in [-0.3, -0.25) is 0 Å². The van der Waals surface area contributed by atoms with Crippen LogP contribution in [0.25, 0.3) is 0 Å². The van der Waals surface area contributed by atoms with E-state index in [0.717, 1.165) is 0 Å². The Kier molecular flexibility index (Phi) is 3.42. The van der Waals surface area contributed by atoms with Gasteiger partial charge >= 0.3 is 0 Å². The van der Waals surface area contributed by atoms with Crippen LogP contribution in [-0.4, -0.2) is 30.1 Å². The average molecular weight is 320 g/mol. The number of benzene rings is 1. The predicted octanol–water partition coefficient (Wildman–Crippen LogP) is 1.99. The summed E-state index contributed by atoms with van der Waals surface area (Å²) in [6.07, 6.45) is 1.49. The number of halogens is 1. The van der Waals surface area contributed by atoms with Gasteiger partial charge in [-0.15, -0.1) is 0 Å². The highest BCUT2D eigenvalue weighted by Crippen LogP contribution is 2.45. The first-order valence-corrected chi connectivity index (χ1v) is 6.84. The number of ether oxygens (including phenoxy) is 2. The fourth-order valence-corrected chi connectivity index (χ4v) is 2.67. The Morgan fingerprint density at radius 2 is 1.95 bits per heavy atom. The highest BCUT2D eigenvalue weighted by Gasteiger charge is 2.45. The number of fused-ring (bicyclic) bond motifs is 1. The van der Waals surface area contributed by atoms with Crippen LogP contribution < -0.4 is 15.2 Å². The molecular weight excluding hydrogens is 306 g/mol. The van der Waals surface area contributed by atoms with Crippen LogP contribution >= 0.6 is 11.6 Å². The summed E-state index contributed by atoms with van der Waals surface area (Å²) in [5.74, 6) is 0.722. The number of nitrogens with zero attached hydrogens (tertiary/aromatic N) is 2. The number of aliphatic hydroxyl groups is 1. The van der Waals surface area contributed by atoms with E-state index in [9.17, 15) is 5.11 Å². The summed E-state index contributed by atoms with van der Waals surface area (Å²) in [5, 5.41) is 11.7. The van der Waals surface area contributed by atoms with E-state index in [-0.39, 0.29) is 11.7 Å². The van der Waals surface area contributed by atoms with E-state index in [0.29, 0.717) is 27.6 Å². The van der Waals surface area contributed by atoms with Gasteiger partial charge in [0.15, 0.2) is 5.60 Å². The third kappa shape index (κ3) is 2.00. The molecule has 0 radical (unpaired) electrons. The molecule has 6 nitrogen and oxygen atoms in total. The summed E-state index contributed by atoms with van der Waals surface area (Å²) in [6, 6.07) is 6.62. The molecule has 0 saturated heterocycles. The highest BCUT2D eigenvalue weighted by atomic mass is 35.5. The maximum atomic E-state index is 11.2. The van der Waals surface area contributed by atoms with E-state index >= 15 is 0 Å². The minimum absolute atomic E-state index is 0.0260. The molecular formula is C15H14ClN3O3. The van der Waals surface area contributed by atoms with Crippen LogP contribution in [0.4, 0.5) is 5.69 Å². The van der Waals surface area contributed by atoms with Crippen molar-refractivity contribution >= 4 is 23.1 Å². The Balaban J connectivity index is 2.28. The molecule has 1 atom stereocenters. The van der Waals surface area contributed by atoms with Crippen LogP contribution in [0.15, 0.2) is 35.5 Å². The number of amidine groups is 1. The monoisotopic (exact) mass is 319 g/mol. The van der Waals surface area contributed by atoms with Gasteiger partial charge in [0.1, 0.15) is 11.6 Å². The normalized spacial score (nSPS) is 19.5. The summed E-state index contributed by atoms with van der Waals surface area (Å²) in [4.78, 5) is 8.35. The second kappa shape index (κ2) is 5.15. The van der Waals surface area contributed by atoms with Crippen LogP contribution in [0.1, 0.15) is 11.1 Å². The van der Waals surface area contributed by atoms with Crippen molar-refractivity contribution in [3.8, 4) is 11.6 Å². The van der Waals surface area contributed by atoms with E-state index in [2.05, 4.69) is 9.98 Å². The van der Waals surface area contributed by atoms with Gasteiger partial charge in [-0.1, -0.05) is 11.6 Å². The first kappa shape index (κ1) is 14.6. The molecule has 0 saturated carbocycles. The third-order valence-electron chi connectivity index (χ3n) is 3.60. The summed E-state index contributed by atoms with van der Waals surface area (Å²) < 4.78 is 10.4. The number of aromatic nitrogens is 1. The number of hydrogen-bond donors (Lipinski definition) is 2. The summed E-state index contributed by atoms with van der Waals surface area (Å²) in [6.45, 7) is 0. The number of nitrogens with two attached hydrogens (primary N) is 1. The summed E-state index contributed by atoms with van der Waals surface area (Å²) in [7, 11) is 2.97. The molecule has 2 heterocycles. The largest absolute Gasteiger partial charge is 0.495 e. The van der Waals surface area contributed by atoms with Gasteiger partial charge in [-0.05, 0) is 24.3 Å². The molecule has 1 aromatic heterocycles. The molecule has 7 heteroatoms. The van der Waals surface area contributed by atoms with Crippen molar-refractivity contribution < 1.29 is 14.6 Å². The summed E-state index contributed by atoms with van der Waals surface area (Å²) in [5.41, 5.74) is 5.69. The smallest absolute Gasteiger partial charge is 0.220 e. The second-order valence-electron chi connectivity index (χ2n) is 4.80. The van der Waals surface area contributed by atoms with Crippen molar-refractivity contribution in [2.24, 2.45) is 10.7 Å². The van der Waals surface area contributed by atoms with E-state index in [4.69, 9.17) is 26.8 Å². The molecule has 1 aliphatic heterocycles. The molecule has 0 aliphatic carbocycles. The molecule has 1 aromatic carbocycles. The zero-order valence-electron chi connectivity index (χ0n) is 12.0. The zero-order valence-corrected chi connectivity index (χ0v) is 12.8. The number of pyridine rings is 1. The lowest BCUT2D eigenvalue weighted by atomic mass is 9.87. The van der Waals surface area contributed by atoms with Crippen LogP contribution in [0.5, 0.6) is 11.6 Å². The number of rotatable bonds is 3. The van der Waals surface area contributed by atoms with Gasteiger partial charge in [0.05, 0.1) is 31.7 Å². The predicted molar refractivity (Wildman–Crippen MR) is 83.1 cm³/mol. The molecule has 0 bridgehead atoms. The van der Waals surface area contributed by atoms with Crippen LogP contribution in [-0.2, 0) is 5.60 Å². The molecule has 0 spiro atoms. The minimum Gasteiger partial charge on any atom is -0.495 e. The lowest BCUT2D eigenvalue weighted by Gasteiger charge is -2.26. The standard InChI is InChI=1S/C15H14ClN3O3/c1-21-9-6-11(13(22-2)18-7-9)15(20)10-5-8(16)3-4-12(10)19-14(15)17/h3-7,20H,1-2H3,(H2,17,19). The SMILES string of the molecule is COc1cnc(OC)c(C2(O)C(N)=Nc3ccc(Cl)cc32)c1. The molecule has 3 N–H and O–H groups in total. The Hall–Kier alpha value is -2.31. The maximum Gasteiger partial charge on any atom is 0.220 e. The summed E-state index contributed by atoms with van der Waals surface area (Å²) >= 11 is 6.04. The van der Waals surface area contributed by atoms with Crippen molar-refractivity contribution in [1.29, 1.82) is 0 Å². The molecule has 1 aliphatic rings. The minimum atomic E-state index is -1.67. The molecule has 114 valence electrons. The van der Waals surface area contributed by atoms with Crippen LogP contribution in [0, 0.1) is 0 Å².